The van der Waals surface area contributed by atoms with Gasteiger partial charge < -0.3 is 5.32 Å². The van der Waals surface area contributed by atoms with Crippen LogP contribution in [0, 0.1) is 6.92 Å². The molecule has 0 aliphatic heterocycles. The van der Waals surface area contributed by atoms with Gasteiger partial charge in [0, 0.05) is 24.6 Å². The van der Waals surface area contributed by atoms with Crippen molar-refractivity contribution in [2.45, 2.75) is 38.1 Å². The summed E-state index contributed by atoms with van der Waals surface area (Å²) in [7, 11) is 3.95. The lowest BCUT2D eigenvalue weighted by Crippen LogP contribution is -2.33. The first kappa shape index (κ1) is 14.6. The van der Waals surface area contributed by atoms with Crippen LogP contribution in [0.4, 0.5) is 0 Å². The lowest BCUT2D eigenvalue weighted by atomic mass is 9.89. The number of nitrogens with one attached hydrogen (secondary N) is 1. The SMILES string of the molecule is CNC(Cc1c(C)nn(C)c1Cl)C1CCc2ccccc21. The molecular formula is C17H22ClN3. The molecule has 1 N–H and O–H groups in total. The van der Waals surface area contributed by atoms with Crippen molar-refractivity contribution in [2.75, 3.05) is 7.05 Å². The first-order valence-corrected chi connectivity index (χ1v) is 7.92. The van der Waals surface area contributed by atoms with Gasteiger partial charge >= 0.3 is 0 Å². The molecule has 4 heteroatoms. The number of benzene rings is 1. The van der Waals surface area contributed by atoms with Crippen LogP contribution >= 0.6 is 11.6 Å². The molecule has 0 fully saturated rings. The van der Waals surface area contributed by atoms with Gasteiger partial charge in [-0.15, -0.1) is 0 Å². The molecule has 21 heavy (non-hydrogen) atoms. The molecule has 112 valence electrons. The summed E-state index contributed by atoms with van der Waals surface area (Å²) >= 11 is 6.39. The van der Waals surface area contributed by atoms with Crippen molar-refractivity contribution in [3.05, 3.63) is 51.8 Å². The van der Waals surface area contributed by atoms with E-state index in [4.69, 9.17) is 11.6 Å². The Bertz CT molecular complexity index is 647. The van der Waals surface area contributed by atoms with Gasteiger partial charge in [0.1, 0.15) is 5.15 Å². The van der Waals surface area contributed by atoms with E-state index < -0.39 is 0 Å². The summed E-state index contributed by atoms with van der Waals surface area (Å²) in [6.07, 6.45) is 3.31. The summed E-state index contributed by atoms with van der Waals surface area (Å²) < 4.78 is 1.77. The van der Waals surface area contributed by atoms with Gasteiger partial charge in [0.25, 0.3) is 0 Å². The molecule has 3 nitrogen and oxygen atoms in total. The molecule has 2 atom stereocenters. The summed E-state index contributed by atoms with van der Waals surface area (Å²) in [5, 5.41) is 8.69. The number of aryl methyl sites for hydroxylation is 3. The molecule has 1 aromatic heterocycles. The zero-order chi connectivity index (χ0) is 15.0. The minimum atomic E-state index is 0.397. The standard InChI is InChI=1S/C17H22ClN3/c1-11-15(17(18)21(3)20-11)10-16(19-2)14-9-8-12-6-4-5-7-13(12)14/h4-7,14,16,19H,8-10H2,1-3H3. The van der Waals surface area contributed by atoms with Crippen LogP contribution in [0.1, 0.15) is 34.7 Å². The van der Waals surface area contributed by atoms with Gasteiger partial charge in [-0.05, 0) is 44.4 Å². The van der Waals surface area contributed by atoms with Crippen molar-refractivity contribution >= 4 is 11.6 Å². The molecule has 1 aliphatic carbocycles. The third-order valence-corrected chi connectivity index (χ3v) is 5.20. The van der Waals surface area contributed by atoms with Crippen LogP contribution in [0.3, 0.4) is 0 Å². The molecule has 2 unspecified atom stereocenters. The average Bonchev–Trinajstić information content (AvgIpc) is 3.00. The fourth-order valence-corrected chi connectivity index (χ4v) is 3.83. The summed E-state index contributed by atoms with van der Waals surface area (Å²) in [6, 6.07) is 9.21. The predicted octanol–water partition coefficient (Wildman–Crippen LogP) is 3.24. The molecule has 1 heterocycles. The van der Waals surface area contributed by atoms with Crippen LogP contribution in [0.25, 0.3) is 0 Å². The van der Waals surface area contributed by atoms with Crippen molar-refractivity contribution in [3.63, 3.8) is 0 Å². The van der Waals surface area contributed by atoms with Crippen LogP contribution < -0.4 is 5.32 Å². The largest absolute Gasteiger partial charge is 0.316 e. The van der Waals surface area contributed by atoms with Crippen molar-refractivity contribution in [1.82, 2.24) is 15.1 Å². The first-order chi connectivity index (χ1) is 10.1. The highest BCUT2D eigenvalue weighted by Crippen LogP contribution is 2.37. The Morgan fingerprint density at radius 3 is 2.86 bits per heavy atom. The van der Waals surface area contributed by atoms with E-state index in [1.165, 1.54) is 29.5 Å². The summed E-state index contributed by atoms with van der Waals surface area (Å²) in [4.78, 5) is 0. The number of hydrogen-bond donors (Lipinski definition) is 1. The molecule has 1 aliphatic rings. The van der Waals surface area contributed by atoms with Crippen LogP contribution in [0.2, 0.25) is 5.15 Å². The van der Waals surface area contributed by atoms with Crippen molar-refractivity contribution in [1.29, 1.82) is 0 Å². The fourth-order valence-electron chi connectivity index (χ4n) is 3.58. The van der Waals surface area contributed by atoms with E-state index in [1.807, 2.05) is 21.0 Å². The van der Waals surface area contributed by atoms with Gasteiger partial charge in [0.05, 0.1) is 5.69 Å². The van der Waals surface area contributed by atoms with E-state index in [0.29, 0.717) is 12.0 Å². The topological polar surface area (TPSA) is 29.9 Å². The summed E-state index contributed by atoms with van der Waals surface area (Å²) in [6.45, 7) is 2.04. The molecule has 0 amide bonds. The second-order valence-corrected chi connectivity index (χ2v) is 6.28. The van der Waals surface area contributed by atoms with E-state index in [0.717, 1.165) is 17.3 Å². The number of fused-ring (bicyclic) bond motifs is 1. The molecule has 3 rings (SSSR count). The summed E-state index contributed by atoms with van der Waals surface area (Å²) in [5.41, 5.74) is 5.20. The number of likely N-dealkylation sites (N-methyl/N-ethyl adjacent to an activating group) is 1. The maximum Gasteiger partial charge on any atom is 0.130 e. The molecule has 2 aromatic rings. The number of aromatic nitrogens is 2. The zero-order valence-electron chi connectivity index (χ0n) is 12.9. The van der Waals surface area contributed by atoms with E-state index in [9.17, 15) is 0 Å². The molecule has 0 saturated heterocycles. The number of nitrogens with zero attached hydrogens (tertiary/aromatic N) is 2. The molecule has 0 saturated carbocycles. The molecule has 0 radical (unpaired) electrons. The zero-order valence-corrected chi connectivity index (χ0v) is 13.6. The normalized spacial score (nSPS) is 18.8. The van der Waals surface area contributed by atoms with Gasteiger partial charge in [0.2, 0.25) is 0 Å². The Kier molecular flexibility index (Phi) is 4.05. The first-order valence-electron chi connectivity index (χ1n) is 7.55. The van der Waals surface area contributed by atoms with Crippen molar-refractivity contribution in [2.24, 2.45) is 7.05 Å². The van der Waals surface area contributed by atoms with Crippen LogP contribution in [-0.4, -0.2) is 22.9 Å². The van der Waals surface area contributed by atoms with Gasteiger partial charge in [-0.25, -0.2) is 0 Å². The Hall–Kier alpha value is -1.32. The van der Waals surface area contributed by atoms with Gasteiger partial charge in [0.15, 0.2) is 0 Å². The monoisotopic (exact) mass is 303 g/mol. The van der Waals surface area contributed by atoms with Gasteiger partial charge in [-0.2, -0.15) is 5.10 Å². The minimum Gasteiger partial charge on any atom is -0.316 e. The lowest BCUT2D eigenvalue weighted by molar-refractivity contribution is 0.455. The quantitative estimate of drug-likeness (QED) is 0.940. The fraction of sp³-hybridized carbons (Fsp3) is 0.471. The van der Waals surface area contributed by atoms with E-state index >= 15 is 0 Å². The second-order valence-electron chi connectivity index (χ2n) is 5.92. The van der Waals surface area contributed by atoms with E-state index in [2.05, 4.69) is 34.7 Å². The second kappa shape index (κ2) is 5.82. The number of halogens is 1. The third kappa shape index (κ3) is 2.60. The van der Waals surface area contributed by atoms with E-state index in [-0.39, 0.29) is 0 Å². The Morgan fingerprint density at radius 2 is 2.19 bits per heavy atom. The van der Waals surface area contributed by atoms with E-state index in [1.54, 1.807) is 4.68 Å². The number of hydrogen-bond acceptors (Lipinski definition) is 2. The minimum absolute atomic E-state index is 0.397. The predicted molar refractivity (Wildman–Crippen MR) is 87.0 cm³/mol. The smallest absolute Gasteiger partial charge is 0.130 e. The Labute approximate surface area is 131 Å². The Morgan fingerprint density at radius 1 is 1.43 bits per heavy atom. The molecule has 0 spiro atoms. The van der Waals surface area contributed by atoms with Gasteiger partial charge in [-0.1, -0.05) is 35.9 Å². The highest BCUT2D eigenvalue weighted by atomic mass is 35.5. The molecule has 0 bridgehead atoms. The third-order valence-electron chi connectivity index (χ3n) is 4.73. The van der Waals surface area contributed by atoms with Gasteiger partial charge in [-0.3, -0.25) is 4.68 Å². The molecule has 1 aromatic carbocycles. The number of rotatable bonds is 4. The maximum absolute atomic E-state index is 6.39. The van der Waals surface area contributed by atoms with Crippen LogP contribution in [-0.2, 0) is 19.9 Å². The highest BCUT2D eigenvalue weighted by Gasteiger charge is 2.30. The Balaban J connectivity index is 1.87. The summed E-state index contributed by atoms with van der Waals surface area (Å²) in [5.74, 6) is 0.557. The molecular weight excluding hydrogens is 282 g/mol. The average molecular weight is 304 g/mol. The highest BCUT2D eigenvalue weighted by molar-refractivity contribution is 6.30. The van der Waals surface area contributed by atoms with Crippen LogP contribution in [0.15, 0.2) is 24.3 Å². The van der Waals surface area contributed by atoms with Crippen LogP contribution in [0.5, 0.6) is 0 Å². The van der Waals surface area contributed by atoms with Crippen molar-refractivity contribution < 1.29 is 0 Å². The maximum atomic E-state index is 6.39. The van der Waals surface area contributed by atoms with Crippen molar-refractivity contribution in [3.8, 4) is 0 Å². The lowest BCUT2D eigenvalue weighted by Gasteiger charge is -2.24.